The summed E-state index contributed by atoms with van der Waals surface area (Å²) in [7, 11) is 0. The van der Waals surface area contributed by atoms with Gasteiger partial charge in [-0.15, -0.1) is 0 Å². The summed E-state index contributed by atoms with van der Waals surface area (Å²) < 4.78 is 50.9. The smallest absolute Gasteiger partial charge is 0.416 e. The number of amides is 1. The number of halogens is 3. The highest BCUT2D eigenvalue weighted by molar-refractivity contribution is 6.09. The molecule has 3 rings (SSSR count). The van der Waals surface area contributed by atoms with E-state index in [0.717, 1.165) is 12.1 Å². The Morgan fingerprint density at radius 2 is 2.00 bits per heavy atom. The van der Waals surface area contributed by atoms with Crippen LogP contribution in [0.15, 0.2) is 53.6 Å². The van der Waals surface area contributed by atoms with Crippen molar-refractivity contribution in [2.75, 3.05) is 0 Å². The molecule has 1 heterocycles. The molecular formula is C20H21F3N2O3. The predicted octanol–water partition coefficient (Wildman–Crippen LogP) is 4.01. The maximum atomic E-state index is 13.0. The molecule has 0 radical (unpaired) electrons. The number of nitrogens with one attached hydrogen (secondary N) is 1. The predicted molar refractivity (Wildman–Crippen MR) is 97.9 cm³/mol. The molecule has 1 aliphatic heterocycles. The Morgan fingerprint density at radius 1 is 1.25 bits per heavy atom. The average molecular weight is 394 g/mol. The second kappa shape index (κ2) is 7.09. The van der Waals surface area contributed by atoms with Crippen LogP contribution >= 0.6 is 0 Å². The van der Waals surface area contributed by atoms with Gasteiger partial charge in [0.25, 0.3) is 5.91 Å². The fraction of sp³-hybridized carbons (Fsp3) is 0.400. The lowest BCUT2D eigenvalue weighted by Gasteiger charge is -2.34. The van der Waals surface area contributed by atoms with Crippen LogP contribution in [0.4, 0.5) is 13.2 Å². The number of aliphatic imine (C=N–C) groups is 1. The van der Waals surface area contributed by atoms with Gasteiger partial charge in [0.2, 0.25) is 5.79 Å². The zero-order valence-corrected chi connectivity index (χ0v) is 15.7. The van der Waals surface area contributed by atoms with Crippen molar-refractivity contribution in [3.8, 4) is 5.75 Å². The third-order valence-electron chi connectivity index (χ3n) is 4.41. The zero-order valence-electron chi connectivity index (χ0n) is 15.7. The molecule has 0 aromatic heterocycles. The van der Waals surface area contributed by atoms with Gasteiger partial charge in [0.05, 0.1) is 5.56 Å². The number of allylic oxidation sites excluding steroid dienone is 2. The lowest BCUT2D eigenvalue weighted by Crippen LogP contribution is -2.45. The number of rotatable bonds is 5. The summed E-state index contributed by atoms with van der Waals surface area (Å²) in [6, 6.07) is 4.63. The standard InChI is InChI=1S/C20H21F3N2O3/c1-13(16-24-17(26)18(2,3)25-16)27-19(10-5-4-6-11-19)28-15-9-7-8-14(12-15)20(21,22)23/h4-10,12-13H,11H2,1-3H3,(H,24,25,26). The summed E-state index contributed by atoms with van der Waals surface area (Å²) >= 11 is 0. The van der Waals surface area contributed by atoms with Gasteiger partial charge < -0.3 is 14.8 Å². The minimum absolute atomic E-state index is 0.0275. The fourth-order valence-electron chi connectivity index (χ4n) is 2.90. The largest absolute Gasteiger partial charge is 0.458 e. The normalized spacial score (nSPS) is 24.6. The highest BCUT2D eigenvalue weighted by atomic mass is 19.4. The molecule has 2 atom stereocenters. The van der Waals surface area contributed by atoms with E-state index in [-0.39, 0.29) is 18.1 Å². The van der Waals surface area contributed by atoms with E-state index >= 15 is 0 Å². The van der Waals surface area contributed by atoms with Gasteiger partial charge in [0.15, 0.2) is 0 Å². The molecule has 5 nitrogen and oxygen atoms in total. The van der Waals surface area contributed by atoms with Gasteiger partial charge in [-0.25, -0.2) is 0 Å². The van der Waals surface area contributed by atoms with E-state index in [0.29, 0.717) is 5.84 Å². The van der Waals surface area contributed by atoms with Crippen LogP contribution in [0.1, 0.15) is 32.8 Å². The van der Waals surface area contributed by atoms with Crippen LogP contribution in [0, 0.1) is 0 Å². The number of alkyl halides is 3. The van der Waals surface area contributed by atoms with Crippen molar-refractivity contribution in [1.29, 1.82) is 0 Å². The van der Waals surface area contributed by atoms with Crippen molar-refractivity contribution >= 4 is 11.7 Å². The third kappa shape index (κ3) is 4.27. The van der Waals surface area contributed by atoms with Crippen molar-refractivity contribution in [3.05, 3.63) is 54.1 Å². The van der Waals surface area contributed by atoms with E-state index in [1.807, 2.05) is 0 Å². The van der Waals surface area contributed by atoms with Crippen LogP contribution in [-0.2, 0) is 15.7 Å². The summed E-state index contributed by atoms with van der Waals surface area (Å²) in [5.74, 6) is -1.19. The number of hydrogen-bond donors (Lipinski definition) is 1. The van der Waals surface area contributed by atoms with E-state index < -0.39 is 29.2 Å². The first-order valence-corrected chi connectivity index (χ1v) is 8.80. The first kappa shape index (κ1) is 20.1. The Morgan fingerprint density at radius 3 is 2.57 bits per heavy atom. The van der Waals surface area contributed by atoms with Gasteiger partial charge >= 0.3 is 6.18 Å². The number of benzene rings is 1. The summed E-state index contributed by atoms with van der Waals surface area (Å²) in [4.78, 5) is 16.3. The highest BCUT2D eigenvalue weighted by Gasteiger charge is 2.40. The molecule has 2 aliphatic rings. The second-order valence-electron chi connectivity index (χ2n) is 7.20. The molecule has 0 saturated carbocycles. The molecule has 0 bridgehead atoms. The van der Waals surface area contributed by atoms with Crippen LogP contribution < -0.4 is 10.1 Å². The molecular weight excluding hydrogens is 373 g/mol. The van der Waals surface area contributed by atoms with Gasteiger partial charge in [-0.2, -0.15) is 13.2 Å². The Hall–Kier alpha value is -2.61. The Labute approximate surface area is 160 Å². The van der Waals surface area contributed by atoms with Crippen LogP contribution in [0.5, 0.6) is 5.75 Å². The Kier molecular flexibility index (Phi) is 5.10. The molecule has 28 heavy (non-hydrogen) atoms. The van der Waals surface area contributed by atoms with Crippen LogP contribution in [0.3, 0.4) is 0 Å². The molecule has 0 fully saturated rings. The minimum atomic E-state index is -4.47. The van der Waals surface area contributed by atoms with Gasteiger partial charge in [0, 0.05) is 6.42 Å². The van der Waals surface area contributed by atoms with Crippen molar-refractivity contribution < 1.29 is 27.4 Å². The Balaban J connectivity index is 1.83. The zero-order chi connectivity index (χ0) is 20.6. The van der Waals surface area contributed by atoms with E-state index in [2.05, 4.69) is 10.3 Å². The summed E-state index contributed by atoms with van der Waals surface area (Å²) in [5, 5.41) is 2.68. The summed E-state index contributed by atoms with van der Waals surface area (Å²) in [6.45, 7) is 5.06. The molecule has 2 unspecified atom stereocenters. The number of ether oxygens (including phenoxy) is 2. The van der Waals surface area contributed by atoms with Crippen LogP contribution in [-0.4, -0.2) is 29.2 Å². The van der Waals surface area contributed by atoms with Gasteiger partial charge in [0.1, 0.15) is 23.2 Å². The third-order valence-corrected chi connectivity index (χ3v) is 4.41. The SMILES string of the molecule is CC(OC1(Oc2cccc(C(F)(F)F)c2)C=CC=CC1)C1=NC(C)(C)C(=O)N1. The highest BCUT2D eigenvalue weighted by Crippen LogP contribution is 2.34. The lowest BCUT2D eigenvalue weighted by atomic mass is 10.1. The van der Waals surface area contributed by atoms with E-state index in [9.17, 15) is 18.0 Å². The maximum Gasteiger partial charge on any atom is 0.416 e. The van der Waals surface area contributed by atoms with Crippen molar-refractivity contribution in [3.63, 3.8) is 0 Å². The molecule has 0 spiro atoms. The van der Waals surface area contributed by atoms with E-state index in [4.69, 9.17) is 9.47 Å². The van der Waals surface area contributed by atoms with E-state index in [1.54, 1.807) is 45.1 Å². The number of amidine groups is 1. The molecule has 8 heteroatoms. The number of hydrogen-bond acceptors (Lipinski definition) is 4. The number of carbonyl (C=O) groups excluding carboxylic acids is 1. The van der Waals surface area contributed by atoms with Gasteiger partial charge in [-0.05, 0) is 45.0 Å². The van der Waals surface area contributed by atoms with Crippen LogP contribution in [0.25, 0.3) is 0 Å². The van der Waals surface area contributed by atoms with Gasteiger partial charge in [-0.1, -0.05) is 24.3 Å². The molecule has 1 amide bonds. The first-order chi connectivity index (χ1) is 13.0. The van der Waals surface area contributed by atoms with Crippen molar-refractivity contribution in [1.82, 2.24) is 5.32 Å². The monoisotopic (exact) mass is 394 g/mol. The quantitative estimate of drug-likeness (QED) is 0.768. The molecule has 150 valence electrons. The molecule has 1 aromatic rings. The number of nitrogens with zero attached hydrogens (tertiary/aromatic N) is 1. The maximum absolute atomic E-state index is 13.0. The first-order valence-electron chi connectivity index (χ1n) is 8.80. The van der Waals surface area contributed by atoms with Gasteiger partial charge in [-0.3, -0.25) is 9.79 Å². The van der Waals surface area contributed by atoms with Crippen LogP contribution in [0.2, 0.25) is 0 Å². The molecule has 0 saturated heterocycles. The Bertz CT molecular complexity index is 858. The average Bonchev–Trinajstić information content (AvgIpc) is 2.88. The molecule has 1 aliphatic carbocycles. The molecule has 1 N–H and O–H groups in total. The van der Waals surface area contributed by atoms with E-state index in [1.165, 1.54) is 12.1 Å². The fourth-order valence-corrected chi connectivity index (χ4v) is 2.90. The topological polar surface area (TPSA) is 59.9 Å². The van der Waals surface area contributed by atoms with Crippen molar-refractivity contribution in [2.45, 2.75) is 50.8 Å². The summed E-state index contributed by atoms with van der Waals surface area (Å²) in [5.41, 5.74) is -1.71. The lowest BCUT2D eigenvalue weighted by molar-refractivity contribution is -0.158. The molecule has 1 aromatic carbocycles. The summed E-state index contributed by atoms with van der Waals surface area (Å²) in [6.07, 6.45) is 2.08. The van der Waals surface area contributed by atoms with Crippen molar-refractivity contribution in [2.24, 2.45) is 4.99 Å². The second-order valence-corrected chi connectivity index (χ2v) is 7.20. The number of carbonyl (C=O) groups is 1. The minimum Gasteiger partial charge on any atom is -0.458 e.